The van der Waals surface area contributed by atoms with Crippen LogP contribution in [0.25, 0.3) is 0 Å². The molecule has 1 aliphatic carbocycles. The quantitative estimate of drug-likeness (QED) is 0.319. The number of hydrogen-bond donors (Lipinski definition) is 0. The monoisotopic (exact) mass is 450 g/mol. The molecule has 138 valence electrons. The zero-order chi connectivity index (χ0) is 15.6. The van der Waals surface area contributed by atoms with Crippen molar-refractivity contribution in [2.45, 2.75) is 60.1 Å². The van der Waals surface area contributed by atoms with Gasteiger partial charge in [0.2, 0.25) is 0 Å². The van der Waals surface area contributed by atoms with Crippen molar-refractivity contribution in [3.05, 3.63) is 52.2 Å². The summed E-state index contributed by atoms with van der Waals surface area (Å²) in [7, 11) is -1.62. The van der Waals surface area contributed by atoms with E-state index in [0.717, 1.165) is 0 Å². The van der Waals surface area contributed by atoms with Gasteiger partial charge in [0, 0.05) is 8.07 Å². The Bertz CT molecular complexity index is 578. The van der Waals surface area contributed by atoms with Crippen molar-refractivity contribution in [1.82, 2.24) is 0 Å². The van der Waals surface area contributed by atoms with Gasteiger partial charge >= 0.3 is 21.7 Å². The molecule has 0 saturated heterocycles. The Morgan fingerprint density at radius 2 is 1.52 bits per heavy atom. The van der Waals surface area contributed by atoms with Crippen molar-refractivity contribution in [3.63, 3.8) is 0 Å². The van der Waals surface area contributed by atoms with Gasteiger partial charge in [0.15, 0.2) is 0 Å². The van der Waals surface area contributed by atoms with E-state index >= 15 is 0 Å². The molecule has 1 aliphatic rings. The largest absolute Gasteiger partial charge is 4.00 e. The van der Waals surface area contributed by atoms with Crippen molar-refractivity contribution in [2.24, 2.45) is 5.92 Å². The molecule has 0 radical (unpaired) electrons. The first-order valence-electron chi connectivity index (χ1n) is 8.28. The topological polar surface area (TPSA) is 0 Å². The summed E-state index contributed by atoms with van der Waals surface area (Å²) in [5, 5.41) is 3.24. The van der Waals surface area contributed by atoms with E-state index in [1.165, 1.54) is 35.6 Å². The first kappa shape index (κ1) is 30.2. The zero-order valence-corrected chi connectivity index (χ0v) is 21.0. The molecule has 1 aromatic carbocycles. The summed E-state index contributed by atoms with van der Waals surface area (Å²) in [6.45, 7) is 13.8. The molecule has 0 nitrogen and oxygen atoms in total. The Balaban J connectivity index is -0.00000121. The van der Waals surface area contributed by atoms with E-state index < -0.39 is 8.07 Å². The second kappa shape index (κ2) is 12.8. The second-order valence-corrected chi connectivity index (χ2v) is 11.2. The summed E-state index contributed by atoms with van der Waals surface area (Å²) in [6, 6.07) is 8.51. The Labute approximate surface area is 189 Å². The van der Waals surface area contributed by atoms with Gasteiger partial charge < -0.3 is 37.2 Å². The maximum atomic E-state index is 3.61. The summed E-state index contributed by atoms with van der Waals surface area (Å²) in [5.41, 5.74) is 4.21. The fourth-order valence-electron chi connectivity index (χ4n) is 3.69. The number of halogens is 3. The molecule has 2 atom stereocenters. The molecule has 0 aromatic heterocycles. The molecule has 2 unspecified atom stereocenters. The number of hydrogen-bond acceptors (Lipinski definition) is 0. The van der Waals surface area contributed by atoms with Crippen molar-refractivity contribution < 1.29 is 58.9 Å². The van der Waals surface area contributed by atoms with Gasteiger partial charge in [0.05, 0.1) is 0 Å². The molecule has 0 heterocycles. The number of allylic oxidation sites excluding steroid dienone is 4. The van der Waals surface area contributed by atoms with Gasteiger partial charge in [-0.15, -0.1) is 0 Å². The van der Waals surface area contributed by atoms with Gasteiger partial charge in [-0.05, 0) is 13.8 Å². The molecular weight excluding hydrogens is 423 g/mol. The maximum Gasteiger partial charge on any atom is 4.00 e. The molecule has 0 N–H and O–H groups in total. The number of benzene rings is 1. The predicted molar refractivity (Wildman–Crippen MR) is 96.6 cm³/mol. The van der Waals surface area contributed by atoms with E-state index in [9.17, 15) is 0 Å². The Hall–Kier alpha value is 0.501. The van der Waals surface area contributed by atoms with Crippen molar-refractivity contribution in [2.75, 3.05) is 0 Å². The van der Waals surface area contributed by atoms with Crippen LogP contribution in [-0.2, 0) is 21.7 Å². The first-order chi connectivity index (χ1) is 9.86. The molecule has 2 rings (SSSR count). The Kier molecular flexibility index (Phi) is 15.5. The molecule has 1 aromatic rings. The number of unbranched alkanes of at least 4 members (excludes halogenated alkanes) is 1. The molecule has 0 bridgehead atoms. The molecule has 0 fully saturated rings. The van der Waals surface area contributed by atoms with Crippen molar-refractivity contribution >= 4 is 13.3 Å². The third kappa shape index (κ3) is 7.20. The van der Waals surface area contributed by atoms with Crippen molar-refractivity contribution in [3.8, 4) is 0 Å². The third-order valence-electron chi connectivity index (χ3n) is 4.75. The van der Waals surface area contributed by atoms with E-state index in [1.54, 1.807) is 10.4 Å². The van der Waals surface area contributed by atoms with Crippen LogP contribution in [-0.4, -0.2) is 8.07 Å². The minimum atomic E-state index is -1.62. The Morgan fingerprint density at radius 3 is 1.92 bits per heavy atom. The maximum absolute atomic E-state index is 3.61. The molecule has 0 aliphatic heterocycles. The van der Waals surface area contributed by atoms with Crippen LogP contribution in [0.2, 0.25) is 12.6 Å². The molecule has 0 saturated carbocycles. The molecule has 5 heteroatoms. The second-order valence-electron chi connectivity index (χ2n) is 6.95. The van der Waals surface area contributed by atoms with Gasteiger partial charge in [-0.25, -0.2) is 5.57 Å². The normalized spacial score (nSPS) is 17.6. The van der Waals surface area contributed by atoms with Crippen LogP contribution in [0.5, 0.6) is 0 Å². The van der Waals surface area contributed by atoms with E-state index in [1.807, 2.05) is 0 Å². The van der Waals surface area contributed by atoms with Crippen LogP contribution in [0.15, 0.2) is 35.0 Å². The zero-order valence-electron chi connectivity index (χ0n) is 16.1. The van der Waals surface area contributed by atoms with Crippen LogP contribution in [0.3, 0.4) is 0 Å². The minimum Gasteiger partial charge on any atom is -1.00 e. The summed E-state index contributed by atoms with van der Waals surface area (Å²) >= 11 is 0. The summed E-state index contributed by atoms with van der Waals surface area (Å²) in [5.74, 6) is 0.486. The standard InChI is InChI=1S/C20H29Si.3ClH.Ti/c1-7-8-9-21(6,20-14-17(4)11-18(20)5)19-12-15(2)10-16(3)13-19;;;;/h10,12-14,17H,7-9H2,1-6H3;3*1H;/q-1;;;;+4/p-3. The average Bonchev–Trinajstić information content (AvgIpc) is 2.74. The van der Waals surface area contributed by atoms with E-state index in [-0.39, 0.29) is 58.9 Å². The first-order valence-corrected chi connectivity index (χ1v) is 11.0. The summed E-state index contributed by atoms with van der Waals surface area (Å²) in [4.78, 5) is 0. The minimum absolute atomic E-state index is 0. The summed E-state index contributed by atoms with van der Waals surface area (Å²) < 4.78 is 0. The number of rotatable bonds is 5. The summed E-state index contributed by atoms with van der Waals surface area (Å²) in [6.07, 6.45) is 8.70. The molecule has 25 heavy (non-hydrogen) atoms. The van der Waals surface area contributed by atoms with Crippen LogP contribution >= 0.6 is 0 Å². The molecule has 0 spiro atoms. The van der Waals surface area contributed by atoms with Crippen molar-refractivity contribution in [1.29, 1.82) is 0 Å². The molecule has 0 amide bonds. The van der Waals surface area contributed by atoms with E-state index in [0.29, 0.717) is 5.92 Å². The molecular formula is C20H29Cl3SiTi. The van der Waals surface area contributed by atoms with E-state index in [2.05, 4.69) is 71.5 Å². The van der Waals surface area contributed by atoms with Gasteiger partial charge in [-0.1, -0.05) is 86.6 Å². The smallest absolute Gasteiger partial charge is 1.00 e. The number of aryl methyl sites for hydroxylation is 2. The van der Waals surface area contributed by atoms with Gasteiger partial charge in [-0.3, -0.25) is 6.08 Å². The van der Waals surface area contributed by atoms with Crippen LogP contribution in [0, 0.1) is 25.8 Å². The fourth-order valence-corrected chi connectivity index (χ4v) is 8.23. The predicted octanol–water partition coefficient (Wildman–Crippen LogP) is -3.74. The third-order valence-corrected chi connectivity index (χ3v) is 9.40. The Morgan fingerprint density at radius 1 is 1.00 bits per heavy atom. The van der Waals surface area contributed by atoms with Crippen LogP contribution < -0.4 is 42.4 Å². The van der Waals surface area contributed by atoms with E-state index in [4.69, 9.17) is 0 Å². The van der Waals surface area contributed by atoms with Crippen LogP contribution in [0.4, 0.5) is 0 Å². The fraction of sp³-hybridized carbons (Fsp3) is 0.500. The van der Waals surface area contributed by atoms with Gasteiger partial charge in [0.1, 0.15) is 0 Å². The SMILES string of the molecule is CCCC[Si](C)(C1=CC(C)[C-]=C1C)c1cc(C)cc(C)c1.[Cl-].[Cl-].[Cl-].[Ti+4]. The average molecular weight is 452 g/mol. The van der Waals surface area contributed by atoms with Gasteiger partial charge in [0.25, 0.3) is 0 Å². The van der Waals surface area contributed by atoms with Gasteiger partial charge in [-0.2, -0.15) is 11.3 Å². The van der Waals surface area contributed by atoms with Crippen LogP contribution in [0.1, 0.15) is 44.7 Å².